The second-order valence-corrected chi connectivity index (χ2v) is 6.61. The summed E-state index contributed by atoms with van der Waals surface area (Å²) in [6.07, 6.45) is 1.24. The van der Waals surface area contributed by atoms with Crippen LogP contribution in [0.25, 0.3) is 0 Å². The minimum atomic E-state index is -0.464. The fraction of sp³-hybridized carbons (Fsp3) is 0.611. The van der Waals surface area contributed by atoms with Crippen LogP contribution in [0.5, 0.6) is 0 Å². The lowest BCUT2D eigenvalue weighted by Gasteiger charge is -2.25. The number of β-amino-alcohol motifs (C(OH)–C–C–N with tert-alkyl or cyclic N) is 1. The molecule has 0 unspecified atom stereocenters. The van der Waals surface area contributed by atoms with Crippen molar-refractivity contribution < 1.29 is 9.90 Å². The maximum Gasteiger partial charge on any atom is 0.237 e. The lowest BCUT2D eigenvalue weighted by Crippen LogP contribution is -2.48. The van der Waals surface area contributed by atoms with Crippen molar-refractivity contribution in [3.05, 3.63) is 35.9 Å². The molecule has 23 heavy (non-hydrogen) atoms. The number of likely N-dealkylation sites (tertiary alicyclic amines) is 1. The molecular weight excluding hydrogens is 290 g/mol. The Morgan fingerprint density at radius 1 is 1.43 bits per heavy atom. The van der Waals surface area contributed by atoms with Gasteiger partial charge in [-0.1, -0.05) is 50.6 Å². The van der Waals surface area contributed by atoms with E-state index in [1.807, 2.05) is 32.0 Å². The largest absolute Gasteiger partial charge is 0.392 e. The van der Waals surface area contributed by atoms with E-state index in [1.54, 1.807) is 0 Å². The zero-order valence-corrected chi connectivity index (χ0v) is 14.1. The van der Waals surface area contributed by atoms with Crippen LogP contribution in [0.4, 0.5) is 0 Å². The molecule has 0 saturated carbocycles. The second-order valence-electron chi connectivity index (χ2n) is 6.61. The SMILES string of the molecule is CC[C@H](C)[C@H](N)C(=O)NC[C@H]1C[C@@H](O)CN1Cc1ccccc1. The van der Waals surface area contributed by atoms with Crippen LogP contribution < -0.4 is 11.1 Å². The van der Waals surface area contributed by atoms with E-state index >= 15 is 0 Å². The van der Waals surface area contributed by atoms with Crippen molar-refractivity contribution in [2.75, 3.05) is 13.1 Å². The summed E-state index contributed by atoms with van der Waals surface area (Å²) in [5.74, 6) is 0.0741. The van der Waals surface area contributed by atoms with Crippen LogP contribution >= 0.6 is 0 Å². The predicted octanol–water partition coefficient (Wildman–Crippen LogP) is 1.11. The van der Waals surface area contributed by atoms with Crippen LogP contribution in [0.3, 0.4) is 0 Å². The average molecular weight is 319 g/mol. The van der Waals surface area contributed by atoms with Gasteiger partial charge in [0.1, 0.15) is 0 Å². The Labute approximate surface area is 138 Å². The molecule has 128 valence electrons. The van der Waals surface area contributed by atoms with Gasteiger partial charge in [-0.3, -0.25) is 9.69 Å². The first kappa shape index (κ1) is 17.9. The molecule has 4 atom stereocenters. The molecule has 5 heteroatoms. The highest BCUT2D eigenvalue weighted by Gasteiger charge is 2.31. The standard InChI is InChI=1S/C18H29N3O2/c1-3-13(2)17(19)18(23)20-10-15-9-16(22)12-21(15)11-14-7-5-4-6-8-14/h4-8,13,15-17,22H,3,9-12,19H2,1-2H3,(H,20,23)/t13-,15+,16+,17-/m0/s1. The van der Waals surface area contributed by atoms with Crippen molar-refractivity contribution >= 4 is 5.91 Å². The van der Waals surface area contributed by atoms with Crippen LogP contribution in [0, 0.1) is 5.92 Å². The van der Waals surface area contributed by atoms with Crippen LogP contribution in [0.2, 0.25) is 0 Å². The quantitative estimate of drug-likeness (QED) is 0.703. The molecule has 0 bridgehead atoms. The summed E-state index contributed by atoms with van der Waals surface area (Å²) in [6.45, 7) is 5.99. The Morgan fingerprint density at radius 3 is 2.78 bits per heavy atom. The molecule has 1 aromatic carbocycles. The van der Waals surface area contributed by atoms with Gasteiger partial charge in [-0.25, -0.2) is 0 Å². The van der Waals surface area contributed by atoms with E-state index in [1.165, 1.54) is 5.56 Å². The highest BCUT2D eigenvalue weighted by Crippen LogP contribution is 2.20. The number of hydrogen-bond acceptors (Lipinski definition) is 4. The van der Waals surface area contributed by atoms with E-state index in [9.17, 15) is 9.90 Å². The van der Waals surface area contributed by atoms with Crippen LogP contribution in [-0.4, -0.2) is 47.2 Å². The van der Waals surface area contributed by atoms with Gasteiger partial charge < -0.3 is 16.2 Å². The van der Waals surface area contributed by atoms with E-state index in [-0.39, 0.29) is 24.0 Å². The number of carbonyl (C=O) groups excluding carboxylic acids is 1. The van der Waals surface area contributed by atoms with E-state index in [2.05, 4.69) is 22.3 Å². The van der Waals surface area contributed by atoms with Crippen molar-refractivity contribution in [1.29, 1.82) is 0 Å². The van der Waals surface area contributed by atoms with Gasteiger partial charge in [0.2, 0.25) is 5.91 Å². The van der Waals surface area contributed by atoms with Gasteiger partial charge in [0.15, 0.2) is 0 Å². The van der Waals surface area contributed by atoms with Gasteiger partial charge in [-0.2, -0.15) is 0 Å². The first-order valence-electron chi connectivity index (χ1n) is 8.50. The predicted molar refractivity (Wildman–Crippen MR) is 91.7 cm³/mol. The Bertz CT molecular complexity index is 494. The fourth-order valence-electron chi connectivity index (χ4n) is 3.03. The third-order valence-corrected chi connectivity index (χ3v) is 4.81. The Hall–Kier alpha value is -1.43. The lowest BCUT2D eigenvalue weighted by atomic mass is 9.99. The van der Waals surface area contributed by atoms with Crippen molar-refractivity contribution in [3.63, 3.8) is 0 Å². The molecule has 2 rings (SSSR count). The van der Waals surface area contributed by atoms with Crippen molar-refractivity contribution in [2.45, 2.75) is 51.4 Å². The Morgan fingerprint density at radius 2 is 2.13 bits per heavy atom. The Kier molecular flexibility index (Phi) is 6.57. The number of hydrogen-bond donors (Lipinski definition) is 3. The van der Waals surface area contributed by atoms with Crippen molar-refractivity contribution in [3.8, 4) is 0 Å². The number of nitrogens with zero attached hydrogens (tertiary/aromatic N) is 1. The van der Waals surface area contributed by atoms with E-state index in [0.717, 1.165) is 13.0 Å². The van der Waals surface area contributed by atoms with Gasteiger partial charge in [0.05, 0.1) is 12.1 Å². The summed E-state index contributed by atoms with van der Waals surface area (Å²) in [7, 11) is 0. The molecule has 5 nitrogen and oxygen atoms in total. The van der Waals surface area contributed by atoms with Crippen LogP contribution in [0.15, 0.2) is 30.3 Å². The van der Waals surface area contributed by atoms with Gasteiger partial charge in [-0.05, 0) is 17.9 Å². The summed E-state index contributed by atoms with van der Waals surface area (Å²) >= 11 is 0. The Balaban J connectivity index is 1.88. The van der Waals surface area contributed by atoms with Gasteiger partial charge in [-0.15, -0.1) is 0 Å². The molecule has 1 heterocycles. The molecule has 1 fully saturated rings. The van der Waals surface area contributed by atoms with Crippen LogP contribution in [0.1, 0.15) is 32.3 Å². The number of benzene rings is 1. The normalized spacial score (nSPS) is 24.3. The average Bonchev–Trinajstić information content (AvgIpc) is 2.91. The number of aliphatic hydroxyl groups is 1. The minimum absolute atomic E-state index is 0.0969. The minimum Gasteiger partial charge on any atom is -0.392 e. The van der Waals surface area contributed by atoms with E-state index in [0.29, 0.717) is 19.5 Å². The zero-order chi connectivity index (χ0) is 16.8. The molecule has 4 N–H and O–H groups in total. The number of rotatable bonds is 7. The van der Waals surface area contributed by atoms with Crippen molar-refractivity contribution in [1.82, 2.24) is 10.2 Å². The number of nitrogens with one attached hydrogen (secondary N) is 1. The molecule has 1 aliphatic rings. The zero-order valence-electron chi connectivity index (χ0n) is 14.1. The number of amides is 1. The summed E-state index contributed by atoms with van der Waals surface area (Å²) < 4.78 is 0. The molecule has 0 radical (unpaired) electrons. The van der Waals surface area contributed by atoms with E-state index < -0.39 is 6.04 Å². The number of nitrogens with two attached hydrogens (primary N) is 1. The summed E-state index contributed by atoms with van der Waals surface area (Å²) in [4.78, 5) is 14.4. The third kappa shape index (κ3) is 5.03. The first-order valence-corrected chi connectivity index (χ1v) is 8.50. The molecule has 1 aliphatic heterocycles. The highest BCUT2D eigenvalue weighted by molar-refractivity contribution is 5.81. The summed E-state index contributed by atoms with van der Waals surface area (Å²) in [5, 5.41) is 12.9. The molecule has 1 saturated heterocycles. The molecule has 0 aromatic heterocycles. The van der Waals surface area contributed by atoms with E-state index in [4.69, 9.17) is 5.73 Å². The topological polar surface area (TPSA) is 78.6 Å². The maximum atomic E-state index is 12.1. The first-order chi connectivity index (χ1) is 11.0. The number of carbonyl (C=O) groups is 1. The monoisotopic (exact) mass is 319 g/mol. The molecule has 1 amide bonds. The number of aliphatic hydroxyl groups excluding tert-OH is 1. The lowest BCUT2D eigenvalue weighted by molar-refractivity contribution is -0.123. The summed E-state index contributed by atoms with van der Waals surface area (Å²) in [6, 6.07) is 9.88. The van der Waals surface area contributed by atoms with Crippen LogP contribution in [-0.2, 0) is 11.3 Å². The summed E-state index contributed by atoms with van der Waals surface area (Å²) in [5.41, 5.74) is 7.18. The molecule has 0 spiro atoms. The smallest absolute Gasteiger partial charge is 0.237 e. The second kappa shape index (κ2) is 8.43. The third-order valence-electron chi connectivity index (χ3n) is 4.81. The maximum absolute atomic E-state index is 12.1. The molecular formula is C18H29N3O2. The van der Waals surface area contributed by atoms with Gasteiger partial charge in [0.25, 0.3) is 0 Å². The van der Waals surface area contributed by atoms with Gasteiger partial charge >= 0.3 is 0 Å². The molecule has 0 aliphatic carbocycles. The van der Waals surface area contributed by atoms with Gasteiger partial charge in [0, 0.05) is 25.7 Å². The highest BCUT2D eigenvalue weighted by atomic mass is 16.3. The van der Waals surface area contributed by atoms with Crippen molar-refractivity contribution in [2.24, 2.45) is 11.7 Å². The fourth-order valence-corrected chi connectivity index (χ4v) is 3.03. The molecule has 1 aromatic rings.